The lowest BCUT2D eigenvalue weighted by atomic mass is 10.2. The lowest BCUT2D eigenvalue weighted by Gasteiger charge is -2.35. The number of hydrogen-bond acceptors (Lipinski definition) is 4. The minimum absolute atomic E-state index is 0.743. The van der Waals surface area contributed by atoms with Crippen molar-refractivity contribution < 1.29 is 0 Å². The van der Waals surface area contributed by atoms with Gasteiger partial charge in [0.25, 0.3) is 0 Å². The predicted molar refractivity (Wildman–Crippen MR) is 73.2 cm³/mol. The van der Waals surface area contributed by atoms with Gasteiger partial charge in [0.15, 0.2) is 0 Å². The van der Waals surface area contributed by atoms with E-state index < -0.39 is 0 Å². The summed E-state index contributed by atoms with van der Waals surface area (Å²) in [6, 6.07) is 12.6. The van der Waals surface area contributed by atoms with Crippen molar-refractivity contribution in [3.8, 4) is 0 Å². The first kappa shape index (κ1) is 10.6. The number of fused-ring (bicyclic) bond motifs is 1. The maximum Gasteiger partial charge on any atom is 0.105 e. The summed E-state index contributed by atoms with van der Waals surface area (Å²) in [5, 5.41) is 1.83. The van der Waals surface area contributed by atoms with Gasteiger partial charge < -0.3 is 4.90 Å². The van der Waals surface area contributed by atoms with Crippen LogP contribution in [0.15, 0.2) is 36.4 Å². The van der Waals surface area contributed by atoms with E-state index in [9.17, 15) is 0 Å². The monoisotopic (exact) mass is 245 g/mol. The van der Waals surface area contributed by atoms with Crippen molar-refractivity contribution in [2.45, 2.75) is 13.5 Å². The first-order chi connectivity index (χ1) is 8.24. The third-order valence-electron chi connectivity index (χ3n) is 3.00. The first-order valence-electron chi connectivity index (χ1n) is 5.65. The SMILES string of the molecule is Cc1cc2c(s1)CN(c1ccccc1)CN2N. The number of thiophene rings is 1. The summed E-state index contributed by atoms with van der Waals surface area (Å²) in [4.78, 5) is 4.96. The second-order valence-electron chi connectivity index (χ2n) is 4.31. The zero-order valence-electron chi connectivity index (χ0n) is 9.76. The Morgan fingerprint density at radius 2 is 2.00 bits per heavy atom. The molecule has 88 valence electrons. The molecule has 0 saturated carbocycles. The molecular weight excluding hydrogens is 230 g/mol. The third-order valence-corrected chi connectivity index (χ3v) is 4.02. The molecule has 3 rings (SSSR count). The summed E-state index contributed by atoms with van der Waals surface area (Å²) in [7, 11) is 0. The first-order valence-corrected chi connectivity index (χ1v) is 6.47. The van der Waals surface area contributed by atoms with Gasteiger partial charge in [-0.3, -0.25) is 5.01 Å². The van der Waals surface area contributed by atoms with Crippen LogP contribution in [0.1, 0.15) is 9.75 Å². The number of hydrazine groups is 1. The molecule has 4 heteroatoms. The molecule has 1 aliphatic heterocycles. The van der Waals surface area contributed by atoms with Crippen molar-refractivity contribution in [3.63, 3.8) is 0 Å². The van der Waals surface area contributed by atoms with Gasteiger partial charge in [-0.25, -0.2) is 5.84 Å². The number of hydrogen-bond donors (Lipinski definition) is 1. The normalized spacial score (nSPS) is 14.9. The van der Waals surface area contributed by atoms with Crippen LogP contribution in [0.3, 0.4) is 0 Å². The molecular formula is C13H15N3S. The molecule has 0 amide bonds. The standard InChI is InChI=1S/C13H15N3S/c1-10-7-12-13(17-10)8-15(9-16(12)14)11-5-3-2-4-6-11/h2-7H,8-9,14H2,1H3. The van der Waals surface area contributed by atoms with E-state index >= 15 is 0 Å². The zero-order chi connectivity index (χ0) is 11.8. The molecule has 2 N–H and O–H groups in total. The van der Waals surface area contributed by atoms with E-state index in [-0.39, 0.29) is 0 Å². The molecule has 2 aromatic rings. The summed E-state index contributed by atoms with van der Waals surface area (Å²) in [5.74, 6) is 6.09. The molecule has 1 aromatic carbocycles. The molecule has 17 heavy (non-hydrogen) atoms. The Bertz CT molecular complexity index is 521. The van der Waals surface area contributed by atoms with E-state index in [1.54, 1.807) is 0 Å². The highest BCUT2D eigenvalue weighted by atomic mass is 32.1. The van der Waals surface area contributed by atoms with Gasteiger partial charge in [0.1, 0.15) is 6.67 Å². The Balaban J connectivity index is 1.93. The highest BCUT2D eigenvalue weighted by molar-refractivity contribution is 7.12. The van der Waals surface area contributed by atoms with Crippen LogP contribution in [0.5, 0.6) is 0 Å². The van der Waals surface area contributed by atoms with Gasteiger partial charge in [-0.15, -0.1) is 11.3 Å². The average molecular weight is 245 g/mol. The molecule has 0 bridgehead atoms. The van der Waals surface area contributed by atoms with Crippen LogP contribution in [-0.2, 0) is 6.54 Å². The largest absolute Gasteiger partial charge is 0.347 e. The molecule has 0 saturated heterocycles. The number of aryl methyl sites for hydroxylation is 1. The molecule has 0 radical (unpaired) electrons. The van der Waals surface area contributed by atoms with Crippen LogP contribution in [0.2, 0.25) is 0 Å². The van der Waals surface area contributed by atoms with Crippen LogP contribution in [0.25, 0.3) is 0 Å². The second kappa shape index (κ2) is 4.05. The lowest BCUT2D eigenvalue weighted by molar-refractivity contribution is 0.713. The van der Waals surface area contributed by atoms with Crippen molar-refractivity contribution in [1.29, 1.82) is 0 Å². The van der Waals surface area contributed by atoms with Crippen molar-refractivity contribution >= 4 is 22.7 Å². The molecule has 1 aliphatic rings. The van der Waals surface area contributed by atoms with Crippen LogP contribution < -0.4 is 15.8 Å². The van der Waals surface area contributed by atoms with Crippen LogP contribution in [-0.4, -0.2) is 6.67 Å². The van der Waals surface area contributed by atoms with Crippen LogP contribution in [0.4, 0.5) is 11.4 Å². The van der Waals surface area contributed by atoms with E-state index in [1.807, 2.05) is 22.4 Å². The number of anilines is 2. The van der Waals surface area contributed by atoms with Crippen molar-refractivity contribution in [2.24, 2.45) is 5.84 Å². The summed E-state index contributed by atoms with van der Waals surface area (Å²) in [6.45, 7) is 3.82. The summed E-state index contributed by atoms with van der Waals surface area (Å²) in [6.07, 6.45) is 0. The van der Waals surface area contributed by atoms with Gasteiger partial charge in [0, 0.05) is 15.4 Å². The van der Waals surface area contributed by atoms with Crippen molar-refractivity contribution in [1.82, 2.24) is 0 Å². The van der Waals surface area contributed by atoms with Crippen LogP contribution in [0, 0.1) is 6.92 Å². The molecule has 1 aromatic heterocycles. The summed E-state index contributed by atoms with van der Waals surface area (Å²) < 4.78 is 0. The van der Waals surface area contributed by atoms with E-state index in [1.165, 1.54) is 21.1 Å². The molecule has 3 nitrogen and oxygen atoms in total. The van der Waals surface area contributed by atoms with Crippen LogP contribution >= 0.6 is 11.3 Å². The van der Waals surface area contributed by atoms with E-state index in [0.717, 1.165) is 13.2 Å². The molecule has 0 fully saturated rings. The number of para-hydroxylation sites is 1. The van der Waals surface area contributed by atoms with E-state index in [2.05, 4.69) is 42.2 Å². The highest BCUT2D eigenvalue weighted by Crippen LogP contribution is 2.34. The number of benzene rings is 1. The number of nitrogens with zero attached hydrogens (tertiary/aromatic N) is 2. The fraction of sp³-hybridized carbons (Fsp3) is 0.231. The third kappa shape index (κ3) is 1.90. The Hall–Kier alpha value is -1.52. The fourth-order valence-electron chi connectivity index (χ4n) is 2.20. The number of nitrogens with two attached hydrogens (primary N) is 1. The molecule has 0 aliphatic carbocycles. The Morgan fingerprint density at radius 1 is 1.24 bits per heavy atom. The maximum absolute atomic E-state index is 6.09. The van der Waals surface area contributed by atoms with Gasteiger partial charge in [0.05, 0.1) is 12.2 Å². The second-order valence-corrected chi connectivity index (χ2v) is 5.65. The van der Waals surface area contributed by atoms with Gasteiger partial charge >= 0.3 is 0 Å². The lowest BCUT2D eigenvalue weighted by Crippen LogP contribution is -2.45. The summed E-state index contributed by atoms with van der Waals surface area (Å²) in [5.41, 5.74) is 2.40. The maximum atomic E-state index is 6.09. The topological polar surface area (TPSA) is 32.5 Å². The van der Waals surface area contributed by atoms with Crippen molar-refractivity contribution in [3.05, 3.63) is 46.2 Å². The van der Waals surface area contributed by atoms with Crippen molar-refractivity contribution in [2.75, 3.05) is 16.6 Å². The minimum Gasteiger partial charge on any atom is -0.347 e. The molecule has 0 unspecified atom stereocenters. The quantitative estimate of drug-likeness (QED) is 0.784. The Labute approximate surface area is 105 Å². The number of rotatable bonds is 1. The predicted octanol–water partition coefficient (Wildman–Crippen LogP) is 2.71. The average Bonchev–Trinajstić information content (AvgIpc) is 2.71. The van der Waals surface area contributed by atoms with Gasteiger partial charge in [-0.1, -0.05) is 18.2 Å². The molecule has 0 atom stereocenters. The zero-order valence-corrected chi connectivity index (χ0v) is 10.6. The van der Waals surface area contributed by atoms with E-state index in [0.29, 0.717) is 0 Å². The summed E-state index contributed by atoms with van der Waals surface area (Å²) >= 11 is 1.83. The Morgan fingerprint density at radius 3 is 2.76 bits per heavy atom. The minimum atomic E-state index is 0.743. The Kier molecular flexibility index (Phi) is 2.53. The van der Waals surface area contributed by atoms with Gasteiger partial charge in [-0.2, -0.15) is 0 Å². The highest BCUT2D eigenvalue weighted by Gasteiger charge is 2.22. The molecule has 2 heterocycles. The van der Waals surface area contributed by atoms with E-state index in [4.69, 9.17) is 5.84 Å². The fourth-order valence-corrected chi connectivity index (χ4v) is 3.26. The smallest absolute Gasteiger partial charge is 0.105 e. The molecule has 0 spiro atoms. The van der Waals surface area contributed by atoms with Gasteiger partial charge in [-0.05, 0) is 25.1 Å². The van der Waals surface area contributed by atoms with Gasteiger partial charge in [0.2, 0.25) is 0 Å².